The topological polar surface area (TPSA) is 30.7 Å². The molecule has 2 heterocycles. The highest BCUT2D eigenvalue weighted by molar-refractivity contribution is 7.99. The summed E-state index contributed by atoms with van der Waals surface area (Å²) in [6, 6.07) is 16.1. The van der Waals surface area contributed by atoms with Gasteiger partial charge >= 0.3 is 0 Å². The Morgan fingerprint density at radius 3 is 2.56 bits per heavy atom. The number of benzene rings is 1. The van der Waals surface area contributed by atoms with Crippen molar-refractivity contribution in [3.8, 4) is 5.82 Å². The Balaban J connectivity index is 1.93. The average molecular weight is 253 g/mol. The van der Waals surface area contributed by atoms with Crippen LogP contribution in [0.1, 0.15) is 0 Å². The van der Waals surface area contributed by atoms with E-state index in [1.165, 1.54) is 4.90 Å². The summed E-state index contributed by atoms with van der Waals surface area (Å²) < 4.78 is 1.98. The lowest BCUT2D eigenvalue weighted by Gasteiger charge is -2.06. The van der Waals surface area contributed by atoms with Crippen molar-refractivity contribution in [1.82, 2.24) is 14.5 Å². The minimum absolute atomic E-state index is 0.883. The number of nitrogens with zero attached hydrogens (tertiary/aromatic N) is 3. The van der Waals surface area contributed by atoms with E-state index < -0.39 is 0 Å². The van der Waals surface area contributed by atoms with Crippen molar-refractivity contribution >= 4 is 11.8 Å². The first-order valence-corrected chi connectivity index (χ1v) is 6.42. The van der Waals surface area contributed by atoms with E-state index in [0.717, 1.165) is 10.8 Å². The minimum atomic E-state index is 0.883. The molecule has 2 aromatic heterocycles. The molecule has 0 unspecified atom stereocenters. The van der Waals surface area contributed by atoms with Gasteiger partial charge in [-0.1, -0.05) is 36.0 Å². The van der Waals surface area contributed by atoms with E-state index in [1.54, 1.807) is 24.3 Å². The number of hydrogen-bond donors (Lipinski definition) is 0. The number of imidazole rings is 1. The third-order valence-corrected chi connectivity index (χ3v) is 3.49. The highest BCUT2D eigenvalue weighted by atomic mass is 32.2. The maximum absolute atomic E-state index is 4.33. The lowest BCUT2D eigenvalue weighted by Crippen LogP contribution is -1.96. The van der Waals surface area contributed by atoms with E-state index in [1.807, 2.05) is 47.2 Å². The fourth-order valence-electron chi connectivity index (χ4n) is 1.64. The van der Waals surface area contributed by atoms with Gasteiger partial charge in [0.2, 0.25) is 0 Å². The van der Waals surface area contributed by atoms with Crippen LogP contribution >= 0.6 is 11.8 Å². The molecule has 0 bridgehead atoms. The van der Waals surface area contributed by atoms with Crippen LogP contribution < -0.4 is 0 Å². The first-order valence-electron chi connectivity index (χ1n) is 5.60. The van der Waals surface area contributed by atoms with Gasteiger partial charge in [-0.05, 0) is 24.3 Å². The molecule has 88 valence electrons. The first-order chi connectivity index (χ1) is 8.93. The summed E-state index contributed by atoms with van der Waals surface area (Å²) in [5.41, 5.74) is 0. The molecular weight excluding hydrogens is 242 g/mol. The van der Waals surface area contributed by atoms with Crippen molar-refractivity contribution in [3.63, 3.8) is 0 Å². The summed E-state index contributed by atoms with van der Waals surface area (Å²) in [6.07, 6.45) is 5.42. The van der Waals surface area contributed by atoms with Gasteiger partial charge in [0.1, 0.15) is 17.2 Å². The molecule has 0 aliphatic rings. The van der Waals surface area contributed by atoms with Crippen molar-refractivity contribution in [2.75, 3.05) is 0 Å². The van der Waals surface area contributed by atoms with Gasteiger partial charge in [0, 0.05) is 11.1 Å². The molecule has 3 nitrogen and oxygen atoms in total. The van der Waals surface area contributed by atoms with Gasteiger partial charge in [0.05, 0.1) is 6.20 Å². The summed E-state index contributed by atoms with van der Waals surface area (Å²) in [5, 5.41) is 1.06. The van der Waals surface area contributed by atoms with Crippen LogP contribution in [0, 0.1) is 0 Å². The van der Waals surface area contributed by atoms with Gasteiger partial charge in [0.15, 0.2) is 0 Å². The Bertz CT molecular complexity index is 620. The van der Waals surface area contributed by atoms with Crippen molar-refractivity contribution in [3.05, 3.63) is 67.3 Å². The smallest absolute Gasteiger partial charge is 0.138 e. The Morgan fingerprint density at radius 2 is 1.78 bits per heavy atom. The minimum Gasteiger partial charge on any atom is -0.277 e. The van der Waals surface area contributed by atoms with Crippen molar-refractivity contribution in [2.24, 2.45) is 0 Å². The van der Waals surface area contributed by atoms with Gasteiger partial charge in [-0.15, -0.1) is 0 Å². The molecule has 3 aromatic rings. The molecule has 0 aliphatic heterocycles. The maximum atomic E-state index is 4.33. The molecule has 0 saturated heterocycles. The van der Waals surface area contributed by atoms with Crippen LogP contribution in [0.25, 0.3) is 5.82 Å². The van der Waals surface area contributed by atoms with E-state index in [-0.39, 0.29) is 0 Å². The van der Waals surface area contributed by atoms with Crippen molar-refractivity contribution in [1.29, 1.82) is 0 Å². The molecule has 4 heteroatoms. The second-order valence-corrected chi connectivity index (χ2v) is 4.80. The average Bonchev–Trinajstić information content (AvgIpc) is 2.89. The van der Waals surface area contributed by atoms with Crippen LogP contribution in [-0.4, -0.2) is 14.5 Å². The predicted octanol–water partition coefficient (Wildman–Crippen LogP) is 3.42. The fraction of sp³-hybridized carbons (Fsp3) is 0. The van der Waals surface area contributed by atoms with Crippen LogP contribution in [0.2, 0.25) is 0 Å². The van der Waals surface area contributed by atoms with Gasteiger partial charge in [-0.3, -0.25) is 4.57 Å². The van der Waals surface area contributed by atoms with E-state index in [0.29, 0.717) is 0 Å². The SMILES string of the molecule is c1ccc(Sc2cncn2-c2ccccn2)cc1. The second kappa shape index (κ2) is 5.06. The van der Waals surface area contributed by atoms with Crippen LogP contribution in [0.15, 0.2) is 77.2 Å². The molecule has 0 fully saturated rings. The van der Waals surface area contributed by atoms with Gasteiger partial charge < -0.3 is 0 Å². The zero-order chi connectivity index (χ0) is 12.2. The normalized spacial score (nSPS) is 10.4. The summed E-state index contributed by atoms with van der Waals surface area (Å²) in [7, 11) is 0. The third-order valence-electron chi connectivity index (χ3n) is 2.47. The lowest BCUT2D eigenvalue weighted by atomic mass is 10.4. The lowest BCUT2D eigenvalue weighted by molar-refractivity contribution is 0.906. The van der Waals surface area contributed by atoms with Crippen molar-refractivity contribution < 1.29 is 0 Å². The largest absolute Gasteiger partial charge is 0.277 e. The summed E-state index contributed by atoms with van der Waals surface area (Å²) in [6.45, 7) is 0. The van der Waals surface area contributed by atoms with Gasteiger partial charge in [-0.25, -0.2) is 9.97 Å². The number of aromatic nitrogens is 3. The molecule has 3 rings (SSSR count). The number of rotatable bonds is 3. The summed E-state index contributed by atoms with van der Waals surface area (Å²) in [4.78, 5) is 9.72. The molecule has 18 heavy (non-hydrogen) atoms. The number of pyridine rings is 1. The van der Waals surface area contributed by atoms with Crippen LogP contribution in [0.4, 0.5) is 0 Å². The fourth-order valence-corrected chi connectivity index (χ4v) is 2.52. The third kappa shape index (κ3) is 2.28. The van der Waals surface area contributed by atoms with Crippen LogP contribution in [-0.2, 0) is 0 Å². The molecule has 0 N–H and O–H groups in total. The standard InChI is InChI=1S/C14H11N3S/c1-2-6-12(7-3-1)18-14-10-15-11-17(14)13-8-4-5-9-16-13/h1-11H. The van der Waals surface area contributed by atoms with Crippen LogP contribution in [0.5, 0.6) is 0 Å². The van der Waals surface area contributed by atoms with E-state index >= 15 is 0 Å². The van der Waals surface area contributed by atoms with E-state index in [9.17, 15) is 0 Å². The predicted molar refractivity (Wildman–Crippen MR) is 71.9 cm³/mol. The van der Waals surface area contributed by atoms with Gasteiger partial charge in [0.25, 0.3) is 0 Å². The highest BCUT2D eigenvalue weighted by Crippen LogP contribution is 2.28. The second-order valence-electron chi connectivity index (χ2n) is 3.70. The maximum Gasteiger partial charge on any atom is 0.138 e. The Hall–Kier alpha value is -2.07. The molecule has 0 saturated carbocycles. The van der Waals surface area contributed by atoms with E-state index in [4.69, 9.17) is 0 Å². The Labute approximate surface area is 110 Å². The quantitative estimate of drug-likeness (QED) is 0.716. The number of hydrogen-bond acceptors (Lipinski definition) is 3. The zero-order valence-electron chi connectivity index (χ0n) is 9.60. The molecule has 0 amide bonds. The molecule has 0 aliphatic carbocycles. The summed E-state index contributed by atoms with van der Waals surface area (Å²) in [5.74, 6) is 0.883. The monoisotopic (exact) mass is 253 g/mol. The van der Waals surface area contributed by atoms with Crippen LogP contribution in [0.3, 0.4) is 0 Å². The van der Waals surface area contributed by atoms with Crippen molar-refractivity contribution in [2.45, 2.75) is 9.92 Å². The Kier molecular flexibility index (Phi) is 3.10. The Morgan fingerprint density at radius 1 is 0.944 bits per heavy atom. The molecule has 1 aromatic carbocycles. The molecule has 0 atom stereocenters. The first kappa shape index (κ1) is 11.0. The zero-order valence-corrected chi connectivity index (χ0v) is 10.4. The van der Waals surface area contributed by atoms with Gasteiger partial charge in [-0.2, -0.15) is 0 Å². The highest BCUT2D eigenvalue weighted by Gasteiger charge is 2.06. The van der Waals surface area contributed by atoms with E-state index in [2.05, 4.69) is 22.1 Å². The molecule has 0 radical (unpaired) electrons. The summed E-state index contributed by atoms with van der Waals surface area (Å²) >= 11 is 1.68. The molecule has 0 spiro atoms. The molecular formula is C14H11N3S.